The highest BCUT2D eigenvalue weighted by atomic mass is 32.2. The molecule has 7 nitrogen and oxygen atoms in total. The van der Waals surface area contributed by atoms with E-state index in [-0.39, 0.29) is 16.5 Å². The maximum atomic E-state index is 14.4. The first kappa shape index (κ1) is 21.8. The van der Waals surface area contributed by atoms with Gasteiger partial charge >= 0.3 is 0 Å². The number of hydrogen-bond acceptors (Lipinski definition) is 5. The van der Waals surface area contributed by atoms with Gasteiger partial charge in [-0.05, 0) is 49.2 Å². The van der Waals surface area contributed by atoms with E-state index in [1.807, 2.05) is 0 Å². The number of amides is 1. The highest BCUT2D eigenvalue weighted by molar-refractivity contribution is 7.89. The first-order chi connectivity index (χ1) is 14.8. The fourth-order valence-electron chi connectivity index (χ4n) is 3.28. The second-order valence-electron chi connectivity index (χ2n) is 7.31. The van der Waals surface area contributed by atoms with Gasteiger partial charge in [-0.3, -0.25) is 4.79 Å². The van der Waals surface area contributed by atoms with Crippen LogP contribution in [0.2, 0.25) is 0 Å². The van der Waals surface area contributed by atoms with Crippen LogP contribution in [0.1, 0.15) is 23.2 Å². The molecule has 1 aliphatic carbocycles. The van der Waals surface area contributed by atoms with Gasteiger partial charge in [-0.25, -0.2) is 12.8 Å². The van der Waals surface area contributed by atoms with Gasteiger partial charge in [-0.15, -0.1) is 0 Å². The van der Waals surface area contributed by atoms with Crippen LogP contribution < -0.4 is 4.80 Å². The fraction of sp³-hybridized carbons (Fsp3) is 0.333. The summed E-state index contributed by atoms with van der Waals surface area (Å²) in [6.07, 6.45) is 1.73. The van der Waals surface area contributed by atoms with Crippen molar-refractivity contribution < 1.29 is 22.3 Å². The number of carbonyl (C=O) groups excluding carboxylic acids is 1. The molecule has 1 heterocycles. The molecule has 0 unspecified atom stereocenters. The summed E-state index contributed by atoms with van der Waals surface area (Å²) in [6.45, 7) is 0.677. The van der Waals surface area contributed by atoms with Gasteiger partial charge in [0.05, 0.1) is 21.7 Å². The number of ether oxygens (including phenoxy) is 1. The lowest BCUT2D eigenvalue weighted by atomic mass is 10.2. The summed E-state index contributed by atoms with van der Waals surface area (Å²) in [6, 6.07) is 10.5. The van der Waals surface area contributed by atoms with E-state index >= 15 is 0 Å². The topological polar surface area (TPSA) is 81.0 Å². The third-order valence-electron chi connectivity index (χ3n) is 5.21. The van der Waals surface area contributed by atoms with Crippen molar-refractivity contribution in [1.82, 2.24) is 8.87 Å². The van der Waals surface area contributed by atoms with Gasteiger partial charge in [0.1, 0.15) is 5.82 Å². The number of sulfonamides is 1. The highest BCUT2D eigenvalue weighted by Crippen LogP contribution is 2.30. The van der Waals surface area contributed by atoms with Crippen LogP contribution in [0.3, 0.4) is 0 Å². The van der Waals surface area contributed by atoms with E-state index in [4.69, 9.17) is 4.74 Å². The summed E-state index contributed by atoms with van der Waals surface area (Å²) in [5.41, 5.74) is 0.630. The molecule has 0 spiro atoms. The molecule has 0 saturated heterocycles. The Bertz CT molecular complexity index is 1290. The van der Waals surface area contributed by atoms with Gasteiger partial charge in [-0.1, -0.05) is 17.4 Å². The Morgan fingerprint density at radius 2 is 1.97 bits per heavy atom. The number of aromatic nitrogens is 1. The predicted octanol–water partition coefficient (Wildman–Crippen LogP) is 3.01. The van der Waals surface area contributed by atoms with Crippen molar-refractivity contribution in [3.8, 4) is 0 Å². The van der Waals surface area contributed by atoms with E-state index in [1.54, 1.807) is 30.9 Å². The number of nitrogens with zero attached hydrogens (tertiary/aromatic N) is 3. The summed E-state index contributed by atoms with van der Waals surface area (Å²) < 4.78 is 48.4. The Hall–Kier alpha value is -2.40. The summed E-state index contributed by atoms with van der Waals surface area (Å²) in [4.78, 5) is 17.4. The molecule has 1 fully saturated rings. The summed E-state index contributed by atoms with van der Waals surface area (Å²) in [5.74, 6) is -0.925. The van der Waals surface area contributed by atoms with Crippen molar-refractivity contribution in [2.24, 2.45) is 4.99 Å². The lowest BCUT2D eigenvalue weighted by Gasteiger charge is -2.16. The standard InChI is InChI=1S/C21H22FN3O4S2/c1-24(15-8-9-15)31(27,28)16-10-6-14(7-11-16)20(26)23-21-25(12-13-29-2)19-17(22)4-3-5-18(19)30-21/h3-7,10-11,15H,8-9,12-13H2,1-2H3. The number of thiazole rings is 1. The fourth-order valence-corrected chi connectivity index (χ4v) is 5.77. The Kier molecular flexibility index (Phi) is 6.07. The number of benzene rings is 2. The quantitative estimate of drug-likeness (QED) is 0.540. The van der Waals surface area contributed by atoms with Crippen molar-refractivity contribution in [3.05, 3.63) is 58.6 Å². The zero-order valence-corrected chi connectivity index (χ0v) is 18.7. The average Bonchev–Trinajstić information content (AvgIpc) is 3.54. The van der Waals surface area contributed by atoms with Crippen molar-refractivity contribution in [2.45, 2.75) is 30.3 Å². The average molecular weight is 464 g/mol. The molecular weight excluding hydrogens is 441 g/mol. The van der Waals surface area contributed by atoms with Gasteiger partial charge in [0, 0.05) is 32.3 Å². The highest BCUT2D eigenvalue weighted by Gasteiger charge is 2.35. The van der Waals surface area contributed by atoms with E-state index in [9.17, 15) is 17.6 Å². The van der Waals surface area contributed by atoms with Crippen molar-refractivity contribution in [2.75, 3.05) is 20.8 Å². The van der Waals surface area contributed by atoms with Crippen LogP contribution in [-0.4, -0.2) is 50.0 Å². The van der Waals surface area contributed by atoms with Crippen LogP contribution in [0.5, 0.6) is 0 Å². The zero-order valence-electron chi connectivity index (χ0n) is 17.1. The Morgan fingerprint density at radius 1 is 1.26 bits per heavy atom. The number of carbonyl (C=O) groups is 1. The first-order valence-corrected chi connectivity index (χ1v) is 12.0. The number of halogens is 1. The first-order valence-electron chi connectivity index (χ1n) is 9.77. The van der Waals surface area contributed by atoms with Crippen molar-refractivity contribution >= 4 is 37.5 Å². The summed E-state index contributed by atoms with van der Waals surface area (Å²) in [7, 11) is -0.467. The van der Waals surface area contributed by atoms with Crippen LogP contribution >= 0.6 is 11.3 Å². The zero-order chi connectivity index (χ0) is 22.2. The molecule has 0 aliphatic heterocycles. The van der Waals surface area contributed by atoms with Crippen LogP contribution in [0.4, 0.5) is 4.39 Å². The SMILES string of the molecule is COCCn1c(=NC(=O)c2ccc(S(=O)(=O)N(C)C3CC3)cc2)sc2cccc(F)c21. The Labute approximate surface area is 183 Å². The number of para-hydroxylation sites is 1. The normalized spacial score (nSPS) is 15.2. The minimum Gasteiger partial charge on any atom is -0.383 e. The molecule has 1 amide bonds. The van der Waals surface area contributed by atoms with Crippen LogP contribution in [0.25, 0.3) is 10.2 Å². The van der Waals surface area contributed by atoms with Crippen molar-refractivity contribution in [1.29, 1.82) is 0 Å². The second-order valence-corrected chi connectivity index (χ2v) is 10.3. The molecule has 2 aromatic carbocycles. The summed E-state index contributed by atoms with van der Waals surface area (Å²) >= 11 is 1.21. The molecule has 31 heavy (non-hydrogen) atoms. The predicted molar refractivity (Wildman–Crippen MR) is 116 cm³/mol. The van der Waals surface area contributed by atoms with Gasteiger partial charge < -0.3 is 9.30 Å². The van der Waals surface area contributed by atoms with E-state index < -0.39 is 21.7 Å². The number of hydrogen-bond donors (Lipinski definition) is 0. The van der Waals surface area contributed by atoms with E-state index in [2.05, 4.69) is 4.99 Å². The van der Waals surface area contributed by atoms with E-state index in [1.165, 1.54) is 46.0 Å². The molecule has 0 N–H and O–H groups in total. The third-order valence-corrected chi connectivity index (χ3v) is 8.18. The molecule has 1 aromatic heterocycles. The number of fused-ring (bicyclic) bond motifs is 1. The van der Waals surface area contributed by atoms with E-state index in [0.29, 0.717) is 28.2 Å². The maximum Gasteiger partial charge on any atom is 0.279 e. The van der Waals surface area contributed by atoms with Crippen LogP contribution in [-0.2, 0) is 21.3 Å². The Balaban J connectivity index is 1.67. The number of methoxy groups -OCH3 is 1. The molecule has 0 bridgehead atoms. The van der Waals surface area contributed by atoms with Crippen LogP contribution in [0, 0.1) is 5.82 Å². The molecule has 0 radical (unpaired) electrons. The van der Waals surface area contributed by atoms with Gasteiger partial charge in [0.15, 0.2) is 4.80 Å². The lowest BCUT2D eigenvalue weighted by Crippen LogP contribution is -2.28. The molecule has 0 atom stereocenters. The third kappa shape index (κ3) is 4.33. The van der Waals surface area contributed by atoms with Gasteiger partial charge in [0.25, 0.3) is 5.91 Å². The van der Waals surface area contributed by atoms with Gasteiger partial charge in [-0.2, -0.15) is 9.30 Å². The minimum absolute atomic E-state index is 0.0530. The van der Waals surface area contributed by atoms with Crippen LogP contribution in [0.15, 0.2) is 52.4 Å². The summed E-state index contributed by atoms with van der Waals surface area (Å²) in [5, 5.41) is 0. The largest absolute Gasteiger partial charge is 0.383 e. The smallest absolute Gasteiger partial charge is 0.279 e. The molecule has 1 aliphatic rings. The molecule has 10 heteroatoms. The monoisotopic (exact) mass is 463 g/mol. The molecule has 1 saturated carbocycles. The van der Waals surface area contributed by atoms with Crippen molar-refractivity contribution in [3.63, 3.8) is 0 Å². The molecular formula is C21H22FN3O4S2. The molecule has 3 aromatic rings. The Morgan fingerprint density at radius 3 is 2.61 bits per heavy atom. The minimum atomic E-state index is -3.58. The maximum absolute atomic E-state index is 14.4. The lowest BCUT2D eigenvalue weighted by molar-refractivity contribution is 0.0997. The van der Waals surface area contributed by atoms with Gasteiger partial charge in [0.2, 0.25) is 10.0 Å². The van der Waals surface area contributed by atoms with E-state index in [0.717, 1.165) is 12.8 Å². The molecule has 164 valence electrons. The second kappa shape index (κ2) is 8.62. The molecule has 4 rings (SSSR count). The number of rotatable bonds is 7.